The third-order valence-electron chi connectivity index (χ3n) is 4.07. The fourth-order valence-corrected chi connectivity index (χ4v) is 2.66. The maximum absolute atomic E-state index is 10.7. The minimum absolute atomic E-state index is 0.598. The molecule has 118 valence electrons. The lowest BCUT2D eigenvalue weighted by Gasteiger charge is -2.34. The van der Waals surface area contributed by atoms with Crippen molar-refractivity contribution in [1.82, 2.24) is 25.0 Å². The highest BCUT2D eigenvalue weighted by Crippen LogP contribution is 2.16. The summed E-state index contributed by atoms with van der Waals surface area (Å²) < 4.78 is 0. The van der Waals surface area contributed by atoms with E-state index in [0.717, 1.165) is 31.7 Å². The fourth-order valence-electron chi connectivity index (χ4n) is 2.66. The lowest BCUT2D eigenvalue weighted by atomic mass is 10.3. The van der Waals surface area contributed by atoms with Gasteiger partial charge in [0, 0.05) is 52.4 Å². The molecule has 2 aliphatic heterocycles. The molecule has 1 aromatic rings. The van der Waals surface area contributed by atoms with Gasteiger partial charge in [-0.25, -0.2) is 0 Å². The summed E-state index contributed by atoms with van der Waals surface area (Å²) >= 11 is 0. The van der Waals surface area contributed by atoms with E-state index in [1.165, 1.54) is 0 Å². The van der Waals surface area contributed by atoms with Crippen LogP contribution in [0.4, 0.5) is 11.8 Å². The molecule has 0 radical (unpaired) electrons. The number of aromatic nitrogens is 3. The molecule has 0 atom stereocenters. The van der Waals surface area contributed by atoms with Gasteiger partial charge in [0.25, 0.3) is 0 Å². The first-order valence-electron chi connectivity index (χ1n) is 7.38. The Hall–Kier alpha value is -2.45. The molecule has 9 heteroatoms. The molecule has 0 aliphatic carbocycles. The smallest absolute Gasteiger partial charge is 0.247 e. The minimum Gasteiger partial charge on any atom is -0.352 e. The van der Waals surface area contributed by atoms with E-state index in [1.807, 2.05) is 4.90 Å². The standard InChI is InChI=1S/C13H19N7O2/c21-10-17-1-5-19(6-2-17)12-9-14-16-13(15-12)20-7-3-18(11-22)4-8-20/h9-11H,1-8H2. The Kier molecular flexibility index (Phi) is 4.31. The van der Waals surface area contributed by atoms with E-state index in [0.29, 0.717) is 45.2 Å². The van der Waals surface area contributed by atoms with Gasteiger partial charge in [0.2, 0.25) is 18.8 Å². The Balaban J connectivity index is 1.65. The molecule has 2 amide bonds. The summed E-state index contributed by atoms with van der Waals surface area (Å²) in [6, 6.07) is 0. The Morgan fingerprint density at radius 2 is 1.36 bits per heavy atom. The Labute approximate surface area is 128 Å². The van der Waals surface area contributed by atoms with Gasteiger partial charge in [0.05, 0.1) is 6.20 Å². The number of nitrogens with zero attached hydrogens (tertiary/aromatic N) is 7. The molecule has 2 aliphatic rings. The van der Waals surface area contributed by atoms with E-state index in [-0.39, 0.29) is 0 Å². The summed E-state index contributed by atoms with van der Waals surface area (Å²) in [5, 5.41) is 8.16. The summed E-state index contributed by atoms with van der Waals surface area (Å²) in [7, 11) is 0. The average Bonchev–Trinajstić information content (AvgIpc) is 2.62. The van der Waals surface area contributed by atoms with Gasteiger partial charge in [-0.15, -0.1) is 5.10 Å². The zero-order valence-corrected chi connectivity index (χ0v) is 12.3. The predicted octanol–water partition coefficient (Wildman–Crippen LogP) is -1.57. The van der Waals surface area contributed by atoms with Crippen LogP contribution in [-0.4, -0.2) is 90.2 Å². The van der Waals surface area contributed by atoms with Crippen LogP contribution in [0.3, 0.4) is 0 Å². The zero-order chi connectivity index (χ0) is 15.4. The zero-order valence-electron chi connectivity index (χ0n) is 12.3. The maximum Gasteiger partial charge on any atom is 0.247 e. The highest BCUT2D eigenvalue weighted by molar-refractivity contribution is 5.50. The van der Waals surface area contributed by atoms with Crippen LogP contribution in [0.25, 0.3) is 0 Å². The van der Waals surface area contributed by atoms with Gasteiger partial charge in [0.15, 0.2) is 5.82 Å². The monoisotopic (exact) mass is 305 g/mol. The van der Waals surface area contributed by atoms with Gasteiger partial charge < -0.3 is 19.6 Å². The number of anilines is 2. The van der Waals surface area contributed by atoms with Crippen molar-refractivity contribution in [3.63, 3.8) is 0 Å². The van der Waals surface area contributed by atoms with Crippen molar-refractivity contribution in [3.05, 3.63) is 6.20 Å². The largest absolute Gasteiger partial charge is 0.352 e. The minimum atomic E-state index is 0.598. The molecule has 0 N–H and O–H groups in total. The van der Waals surface area contributed by atoms with Crippen LogP contribution < -0.4 is 9.80 Å². The van der Waals surface area contributed by atoms with E-state index in [1.54, 1.807) is 16.0 Å². The summed E-state index contributed by atoms with van der Waals surface area (Å²) in [6.45, 7) is 5.66. The molecule has 0 spiro atoms. The van der Waals surface area contributed by atoms with Gasteiger partial charge in [0.1, 0.15) is 0 Å². The summed E-state index contributed by atoms with van der Waals surface area (Å²) in [4.78, 5) is 33.7. The van der Waals surface area contributed by atoms with Crippen LogP contribution in [0, 0.1) is 0 Å². The lowest BCUT2D eigenvalue weighted by Crippen LogP contribution is -2.47. The van der Waals surface area contributed by atoms with E-state index in [2.05, 4.69) is 20.1 Å². The SMILES string of the molecule is O=CN1CCN(c2cnnc(N3CCN(C=O)CC3)n2)CC1. The average molecular weight is 305 g/mol. The van der Waals surface area contributed by atoms with Crippen molar-refractivity contribution in [1.29, 1.82) is 0 Å². The number of piperazine rings is 2. The topological polar surface area (TPSA) is 85.8 Å². The number of rotatable bonds is 4. The van der Waals surface area contributed by atoms with Crippen LogP contribution in [0.15, 0.2) is 6.20 Å². The van der Waals surface area contributed by atoms with Gasteiger partial charge in [-0.3, -0.25) is 9.59 Å². The van der Waals surface area contributed by atoms with E-state index in [9.17, 15) is 9.59 Å². The van der Waals surface area contributed by atoms with Crippen LogP contribution in [-0.2, 0) is 9.59 Å². The number of carbonyl (C=O) groups is 2. The van der Waals surface area contributed by atoms with E-state index < -0.39 is 0 Å². The van der Waals surface area contributed by atoms with Crippen LogP contribution >= 0.6 is 0 Å². The second kappa shape index (κ2) is 6.54. The predicted molar refractivity (Wildman–Crippen MR) is 79.5 cm³/mol. The normalized spacial score (nSPS) is 19.3. The van der Waals surface area contributed by atoms with Crippen molar-refractivity contribution >= 4 is 24.6 Å². The fraction of sp³-hybridized carbons (Fsp3) is 0.615. The van der Waals surface area contributed by atoms with Crippen LogP contribution in [0.5, 0.6) is 0 Å². The molecular weight excluding hydrogens is 286 g/mol. The summed E-state index contributed by atoms with van der Waals surface area (Å²) in [6.07, 6.45) is 3.41. The highest BCUT2D eigenvalue weighted by Gasteiger charge is 2.21. The molecular formula is C13H19N7O2. The molecule has 3 heterocycles. The molecule has 0 saturated carbocycles. The third kappa shape index (κ3) is 3.07. The first-order valence-corrected chi connectivity index (χ1v) is 7.38. The number of amides is 2. The number of hydrogen-bond donors (Lipinski definition) is 0. The number of carbonyl (C=O) groups excluding carboxylic acids is 2. The molecule has 9 nitrogen and oxygen atoms in total. The quantitative estimate of drug-likeness (QED) is 0.621. The first-order chi connectivity index (χ1) is 10.8. The Morgan fingerprint density at radius 1 is 0.818 bits per heavy atom. The van der Waals surface area contributed by atoms with Gasteiger partial charge in [-0.2, -0.15) is 10.1 Å². The molecule has 0 bridgehead atoms. The molecule has 3 rings (SSSR count). The third-order valence-corrected chi connectivity index (χ3v) is 4.07. The Morgan fingerprint density at radius 3 is 1.91 bits per heavy atom. The van der Waals surface area contributed by atoms with Crippen molar-refractivity contribution in [2.24, 2.45) is 0 Å². The lowest BCUT2D eigenvalue weighted by molar-refractivity contribution is -0.119. The van der Waals surface area contributed by atoms with E-state index in [4.69, 9.17) is 0 Å². The maximum atomic E-state index is 10.7. The molecule has 2 saturated heterocycles. The van der Waals surface area contributed by atoms with Crippen molar-refractivity contribution in [3.8, 4) is 0 Å². The molecule has 2 fully saturated rings. The Bertz CT molecular complexity index is 482. The van der Waals surface area contributed by atoms with Crippen molar-refractivity contribution < 1.29 is 9.59 Å². The second-order valence-corrected chi connectivity index (χ2v) is 5.37. The molecule has 0 unspecified atom stereocenters. The highest BCUT2D eigenvalue weighted by atomic mass is 16.1. The van der Waals surface area contributed by atoms with Crippen molar-refractivity contribution in [2.75, 3.05) is 62.2 Å². The molecule has 22 heavy (non-hydrogen) atoms. The van der Waals surface area contributed by atoms with Crippen LogP contribution in [0.2, 0.25) is 0 Å². The first kappa shape index (κ1) is 14.5. The second-order valence-electron chi connectivity index (χ2n) is 5.37. The number of hydrogen-bond acceptors (Lipinski definition) is 7. The van der Waals surface area contributed by atoms with Gasteiger partial charge >= 0.3 is 0 Å². The molecule has 1 aromatic heterocycles. The van der Waals surface area contributed by atoms with Crippen molar-refractivity contribution in [2.45, 2.75) is 0 Å². The summed E-state index contributed by atoms with van der Waals surface area (Å²) in [5.74, 6) is 1.38. The van der Waals surface area contributed by atoms with Crippen LogP contribution in [0.1, 0.15) is 0 Å². The van der Waals surface area contributed by atoms with E-state index >= 15 is 0 Å². The van der Waals surface area contributed by atoms with Gasteiger partial charge in [-0.05, 0) is 0 Å². The van der Waals surface area contributed by atoms with Gasteiger partial charge in [-0.1, -0.05) is 0 Å². The summed E-state index contributed by atoms with van der Waals surface area (Å²) in [5.41, 5.74) is 0. The molecule has 0 aromatic carbocycles.